The largest absolute Gasteiger partial charge is 0.481 e. The molecule has 0 aromatic heterocycles. The van der Waals surface area contributed by atoms with Crippen molar-refractivity contribution in [3.8, 4) is 0 Å². The van der Waals surface area contributed by atoms with E-state index >= 15 is 0 Å². The lowest BCUT2D eigenvalue weighted by Crippen LogP contribution is -2.30. The molecule has 1 aliphatic heterocycles. The van der Waals surface area contributed by atoms with Gasteiger partial charge in [-0.15, -0.1) is 0 Å². The number of benzene rings is 1. The number of nitrogens with zero attached hydrogens (tertiary/aromatic N) is 1. The molecule has 4 nitrogen and oxygen atoms in total. The van der Waals surface area contributed by atoms with Gasteiger partial charge in [-0.1, -0.05) is 6.07 Å². The Hall–Kier alpha value is -1.71. The molecule has 1 aromatic rings. The molecule has 0 spiro atoms. The van der Waals surface area contributed by atoms with Crippen LogP contribution in [-0.4, -0.2) is 24.2 Å². The molecule has 0 amide bonds. The summed E-state index contributed by atoms with van der Waals surface area (Å²) in [7, 11) is 0. The number of carboxylic acid groups (broad SMARTS) is 1. The molecule has 1 saturated heterocycles. The summed E-state index contributed by atoms with van der Waals surface area (Å²) in [5.41, 5.74) is 8.54. The molecule has 1 aromatic carbocycles. The topological polar surface area (TPSA) is 66.6 Å². The van der Waals surface area contributed by atoms with Gasteiger partial charge < -0.3 is 15.7 Å². The average Bonchev–Trinajstić information content (AvgIpc) is 2.38. The van der Waals surface area contributed by atoms with E-state index in [1.54, 1.807) is 13.0 Å². The molecule has 3 N–H and O–H groups in total. The second kappa shape index (κ2) is 5.29. The van der Waals surface area contributed by atoms with Crippen LogP contribution in [0, 0.1) is 0 Å². The third-order valence-corrected chi connectivity index (χ3v) is 3.62. The Morgan fingerprint density at radius 1 is 1.33 bits per heavy atom. The number of hydrogen-bond donors (Lipinski definition) is 2. The summed E-state index contributed by atoms with van der Waals surface area (Å²) in [6.45, 7) is 3.76. The summed E-state index contributed by atoms with van der Waals surface area (Å²) in [5.74, 6) is -1.33. The fourth-order valence-electron chi connectivity index (χ4n) is 2.41. The Labute approximate surface area is 107 Å². The van der Waals surface area contributed by atoms with Crippen molar-refractivity contribution in [2.24, 2.45) is 0 Å². The lowest BCUT2D eigenvalue weighted by Gasteiger charge is -2.30. The Morgan fingerprint density at radius 2 is 2.00 bits per heavy atom. The standard InChI is InChI=1S/C14H20N2O2/c1-10(14(17)18)11-5-6-13(12(15)9-11)16-7-3-2-4-8-16/h5-6,9-10H,2-4,7-8,15H2,1H3,(H,17,18). The molecule has 0 aliphatic carbocycles. The van der Waals surface area contributed by atoms with Gasteiger partial charge in [-0.05, 0) is 43.9 Å². The maximum atomic E-state index is 10.9. The van der Waals surface area contributed by atoms with E-state index in [4.69, 9.17) is 10.8 Å². The summed E-state index contributed by atoms with van der Waals surface area (Å²) in [4.78, 5) is 13.2. The maximum Gasteiger partial charge on any atom is 0.310 e. The molecular weight excluding hydrogens is 228 g/mol. The third kappa shape index (κ3) is 2.58. The van der Waals surface area contributed by atoms with Crippen molar-refractivity contribution in [2.75, 3.05) is 23.7 Å². The molecule has 0 radical (unpaired) electrons. The number of anilines is 2. The molecule has 1 fully saturated rings. The van der Waals surface area contributed by atoms with Gasteiger partial charge in [-0.25, -0.2) is 0 Å². The van der Waals surface area contributed by atoms with Crippen LogP contribution in [0.25, 0.3) is 0 Å². The Bertz CT molecular complexity index is 439. The summed E-state index contributed by atoms with van der Waals surface area (Å²) in [5, 5.41) is 8.99. The Balaban J connectivity index is 2.21. The number of piperidine rings is 1. The number of aliphatic carboxylic acids is 1. The van der Waals surface area contributed by atoms with Gasteiger partial charge in [0.15, 0.2) is 0 Å². The highest BCUT2D eigenvalue weighted by atomic mass is 16.4. The number of hydrogen-bond acceptors (Lipinski definition) is 3. The SMILES string of the molecule is CC(C(=O)O)c1ccc(N2CCCCC2)c(N)c1. The first-order valence-corrected chi connectivity index (χ1v) is 6.47. The van der Waals surface area contributed by atoms with Crippen molar-refractivity contribution in [1.82, 2.24) is 0 Å². The minimum absolute atomic E-state index is 0.511. The number of rotatable bonds is 3. The average molecular weight is 248 g/mol. The molecule has 18 heavy (non-hydrogen) atoms. The second-order valence-electron chi connectivity index (χ2n) is 4.93. The van der Waals surface area contributed by atoms with Crippen molar-refractivity contribution in [3.63, 3.8) is 0 Å². The minimum atomic E-state index is -0.819. The van der Waals surface area contributed by atoms with E-state index in [0.717, 1.165) is 24.3 Å². The number of carbonyl (C=O) groups is 1. The molecule has 0 bridgehead atoms. The van der Waals surface area contributed by atoms with Gasteiger partial charge in [0, 0.05) is 13.1 Å². The smallest absolute Gasteiger partial charge is 0.310 e. The van der Waals surface area contributed by atoms with E-state index in [2.05, 4.69) is 4.90 Å². The van der Waals surface area contributed by atoms with Crippen LogP contribution < -0.4 is 10.6 Å². The number of nitrogens with two attached hydrogens (primary N) is 1. The first-order chi connectivity index (χ1) is 8.59. The normalized spacial score (nSPS) is 17.5. The zero-order valence-electron chi connectivity index (χ0n) is 10.7. The number of nitrogen functional groups attached to an aromatic ring is 1. The lowest BCUT2D eigenvalue weighted by atomic mass is 9.99. The highest BCUT2D eigenvalue weighted by Crippen LogP contribution is 2.29. The van der Waals surface area contributed by atoms with Crippen LogP contribution in [0.5, 0.6) is 0 Å². The molecule has 1 aliphatic rings. The molecule has 1 unspecified atom stereocenters. The summed E-state index contributed by atoms with van der Waals surface area (Å²) in [6.07, 6.45) is 3.68. The van der Waals surface area contributed by atoms with Crippen molar-refractivity contribution < 1.29 is 9.90 Å². The van der Waals surface area contributed by atoms with Crippen molar-refractivity contribution in [1.29, 1.82) is 0 Å². The van der Waals surface area contributed by atoms with E-state index < -0.39 is 11.9 Å². The fourth-order valence-corrected chi connectivity index (χ4v) is 2.41. The zero-order chi connectivity index (χ0) is 13.1. The second-order valence-corrected chi connectivity index (χ2v) is 4.93. The molecule has 0 saturated carbocycles. The van der Waals surface area contributed by atoms with E-state index in [0.29, 0.717) is 5.69 Å². The molecule has 2 rings (SSSR count). The zero-order valence-corrected chi connectivity index (χ0v) is 10.7. The van der Waals surface area contributed by atoms with Gasteiger partial charge in [0.2, 0.25) is 0 Å². The van der Waals surface area contributed by atoms with Crippen LogP contribution in [-0.2, 0) is 4.79 Å². The van der Waals surface area contributed by atoms with Gasteiger partial charge in [0.1, 0.15) is 0 Å². The molecule has 98 valence electrons. The van der Waals surface area contributed by atoms with Crippen LogP contribution in [0.15, 0.2) is 18.2 Å². The Morgan fingerprint density at radius 3 is 2.56 bits per heavy atom. The van der Waals surface area contributed by atoms with E-state index in [1.807, 2.05) is 12.1 Å². The van der Waals surface area contributed by atoms with Crippen molar-refractivity contribution >= 4 is 17.3 Å². The summed E-state index contributed by atoms with van der Waals surface area (Å²) >= 11 is 0. The molecule has 4 heteroatoms. The highest BCUT2D eigenvalue weighted by Gasteiger charge is 2.17. The molecular formula is C14H20N2O2. The van der Waals surface area contributed by atoms with Crippen molar-refractivity contribution in [3.05, 3.63) is 23.8 Å². The fraction of sp³-hybridized carbons (Fsp3) is 0.500. The predicted molar refractivity (Wildman–Crippen MR) is 73.0 cm³/mol. The van der Waals surface area contributed by atoms with Gasteiger partial charge in [-0.3, -0.25) is 4.79 Å². The first-order valence-electron chi connectivity index (χ1n) is 6.47. The predicted octanol–water partition coefficient (Wildman–Crippen LogP) is 2.45. The van der Waals surface area contributed by atoms with E-state index in [9.17, 15) is 4.79 Å². The van der Waals surface area contributed by atoms with Crippen LogP contribution in [0.4, 0.5) is 11.4 Å². The highest BCUT2D eigenvalue weighted by molar-refractivity contribution is 5.78. The van der Waals surface area contributed by atoms with Crippen LogP contribution in [0.3, 0.4) is 0 Å². The summed E-state index contributed by atoms with van der Waals surface area (Å²) in [6, 6.07) is 5.62. The third-order valence-electron chi connectivity index (χ3n) is 3.62. The lowest BCUT2D eigenvalue weighted by molar-refractivity contribution is -0.138. The van der Waals surface area contributed by atoms with Gasteiger partial charge in [0.25, 0.3) is 0 Å². The van der Waals surface area contributed by atoms with Crippen molar-refractivity contribution in [2.45, 2.75) is 32.1 Å². The van der Waals surface area contributed by atoms with Crippen LogP contribution >= 0.6 is 0 Å². The summed E-state index contributed by atoms with van der Waals surface area (Å²) < 4.78 is 0. The van der Waals surface area contributed by atoms with Gasteiger partial charge in [0.05, 0.1) is 17.3 Å². The first kappa shape index (κ1) is 12.7. The van der Waals surface area contributed by atoms with E-state index in [1.165, 1.54) is 19.3 Å². The van der Waals surface area contributed by atoms with Gasteiger partial charge in [-0.2, -0.15) is 0 Å². The molecule has 1 heterocycles. The van der Waals surface area contributed by atoms with E-state index in [-0.39, 0.29) is 0 Å². The van der Waals surface area contributed by atoms with Gasteiger partial charge >= 0.3 is 5.97 Å². The molecule has 1 atom stereocenters. The monoisotopic (exact) mass is 248 g/mol. The number of carboxylic acids is 1. The van der Waals surface area contributed by atoms with Crippen LogP contribution in [0.1, 0.15) is 37.7 Å². The quantitative estimate of drug-likeness (QED) is 0.806. The maximum absolute atomic E-state index is 10.9. The minimum Gasteiger partial charge on any atom is -0.481 e. The van der Waals surface area contributed by atoms with Crippen LogP contribution in [0.2, 0.25) is 0 Å². The Kier molecular flexibility index (Phi) is 3.75.